The fourth-order valence-corrected chi connectivity index (χ4v) is 5.20. The number of aliphatic hydroxyl groups is 1. The van der Waals surface area contributed by atoms with Crippen LogP contribution in [0.3, 0.4) is 0 Å². The molecule has 0 saturated heterocycles. The number of aliphatic hydroxyl groups excluding tert-OH is 1. The van der Waals surface area contributed by atoms with E-state index < -0.39 is 6.10 Å². The average molecular weight is 569 g/mol. The summed E-state index contributed by atoms with van der Waals surface area (Å²) in [5, 5.41) is 9.46. The summed E-state index contributed by atoms with van der Waals surface area (Å²) in [4.78, 5) is 23.9. The highest BCUT2D eigenvalue weighted by Crippen LogP contribution is 2.15. The van der Waals surface area contributed by atoms with E-state index >= 15 is 0 Å². The van der Waals surface area contributed by atoms with E-state index in [1.807, 2.05) is 0 Å². The topological polar surface area (TPSA) is 72.8 Å². The second-order valence-electron chi connectivity index (χ2n) is 12.0. The number of unbranched alkanes of at least 4 members (excludes halogenated alkanes) is 24. The zero-order valence-corrected chi connectivity index (χ0v) is 26.9. The first-order valence-electron chi connectivity index (χ1n) is 17.6. The molecule has 0 aromatic rings. The third-order valence-electron chi connectivity index (χ3n) is 7.90. The molecule has 0 aromatic heterocycles. The van der Waals surface area contributed by atoms with Gasteiger partial charge >= 0.3 is 11.9 Å². The zero-order valence-electron chi connectivity index (χ0n) is 26.9. The van der Waals surface area contributed by atoms with E-state index in [1.54, 1.807) is 0 Å². The lowest BCUT2D eigenvalue weighted by Crippen LogP contribution is -2.28. The van der Waals surface area contributed by atoms with Crippen molar-refractivity contribution in [1.29, 1.82) is 0 Å². The van der Waals surface area contributed by atoms with Gasteiger partial charge in [-0.15, -0.1) is 0 Å². The number of hydrogen-bond donors (Lipinski definition) is 1. The number of carbonyl (C=O) groups is 2. The Morgan fingerprint density at radius 3 is 1.10 bits per heavy atom. The van der Waals surface area contributed by atoms with Gasteiger partial charge in [0.25, 0.3) is 0 Å². The first kappa shape index (κ1) is 38.9. The number of ether oxygens (including phenoxy) is 2. The molecule has 0 fully saturated rings. The van der Waals surface area contributed by atoms with Crippen molar-refractivity contribution in [2.75, 3.05) is 13.2 Å². The molecule has 40 heavy (non-hydrogen) atoms. The summed E-state index contributed by atoms with van der Waals surface area (Å²) in [6, 6.07) is 0. The highest BCUT2D eigenvalue weighted by Gasteiger charge is 2.16. The molecule has 238 valence electrons. The third-order valence-corrected chi connectivity index (χ3v) is 7.90. The lowest BCUT2D eigenvalue weighted by atomic mass is 10.0. The molecule has 0 aliphatic rings. The van der Waals surface area contributed by atoms with Gasteiger partial charge in [0, 0.05) is 12.8 Å². The van der Waals surface area contributed by atoms with Crippen molar-refractivity contribution < 1.29 is 24.2 Å². The first-order valence-corrected chi connectivity index (χ1v) is 17.6. The molecule has 0 aliphatic carbocycles. The molecule has 0 amide bonds. The minimum atomic E-state index is -0.758. The van der Waals surface area contributed by atoms with Crippen LogP contribution in [0.5, 0.6) is 0 Å². The largest absolute Gasteiger partial charge is 0.462 e. The van der Waals surface area contributed by atoms with Crippen molar-refractivity contribution in [1.82, 2.24) is 0 Å². The molecule has 1 unspecified atom stereocenters. The highest BCUT2D eigenvalue weighted by atomic mass is 16.6. The summed E-state index contributed by atoms with van der Waals surface area (Å²) in [5.41, 5.74) is 0. The average Bonchev–Trinajstić information content (AvgIpc) is 2.96. The molecular weight excluding hydrogens is 500 g/mol. The molecule has 0 radical (unpaired) electrons. The Morgan fingerprint density at radius 1 is 0.475 bits per heavy atom. The van der Waals surface area contributed by atoms with Crippen LogP contribution in [0.25, 0.3) is 0 Å². The van der Waals surface area contributed by atoms with E-state index in [4.69, 9.17) is 9.47 Å². The van der Waals surface area contributed by atoms with E-state index in [2.05, 4.69) is 13.8 Å². The molecule has 0 aliphatic heterocycles. The van der Waals surface area contributed by atoms with Crippen molar-refractivity contribution in [3.05, 3.63) is 0 Å². The number of carbonyl (C=O) groups excluding carboxylic acids is 2. The summed E-state index contributed by atoms with van der Waals surface area (Å²) in [7, 11) is 0. The van der Waals surface area contributed by atoms with Gasteiger partial charge in [-0.3, -0.25) is 9.59 Å². The predicted molar refractivity (Wildman–Crippen MR) is 169 cm³/mol. The standard InChI is InChI=1S/C35H68O5/c1-3-5-7-9-11-12-13-14-15-16-17-18-19-20-21-22-23-24-26-28-30-35(38)40-33(31-36)32-39-34(37)29-27-25-10-8-6-4-2/h33,36H,3-32H2,1-2H3. The lowest BCUT2D eigenvalue weighted by Gasteiger charge is -2.15. The summed E-state index contributed by atoms with van der Waals surface area (Å²) in [6.45, 7) is 4.08. The Labute approximate surface area is 248 Å². The van der Waals surface area contributed by atoms with Gasteiger partial charge in [-0.05, 0) is 12.8 Å². The van der Waals surface area contributed by atoms with Gasteiger partial charge in [0.15, 0.2) is 6.10 Å². The molecule has 0 bridgehead atoms. The van der Waals surface area contributed by atoms with Crippen LogP contribution in [0.15, 0.2) is 0 Å². The molecule has 0 heterocycles. The van der Waals surface area contributed by atoms with Gasteiger partial charge < -0.3 is 14.6 Å². The van der Waals surface area contributed by atoms with Crippen molar-refractivity contribution in [3.8, 4) is 0 Å². The predicted octanol–water partition coefficient (Wildman–Crippen LogP) is 10.4. The molecule has 5 nitrogen and oxygen atoms in total. The Hall–Kier alpha value is -1.10. The quantitative estimate of drug-likeness (QED) is 0.0645. The molecule has 0 saturated carbocycles. The maximum Gasteiger partial charge on any atom is 0.306 e. The monoisotopic (exact) mass is 569 g/mol. The summed E-state index contributed by atoms with van der Waals surface area (Å²) in [5.74, 6) is -0.590. The molecule has 0 aromatic carbocycles. The minimum absolute atomic E-state index is 0.0594. The second-order valence-corrected chi connectivity index (χ2v) is 12.0. The molecular formula is C35H68O5. The van der Waals surface area contributed by atoms with Crippen LogP contribution in [-0.4, -0.2) is 36.4 Å². The third kappa shape index (κ3) is 29.9. The molecule has 1 N–H and O–H groups in total. The van der Waals surface area contributed by atoms with Gasteiger partial charge in [-0.1, -0.05) is 168 Å². The molecule has 0 rings (SSSR count). The maximum absolute atomic E-state index is 12.1. The highest BCUT2D eigenvalue weighted by molar-refractivity contribution is 5.70. The van der Waals surface area contributed by atoms with Crippen LogP contribution >= 0.6 is 0 Å². The molecule has 5 heteroatoms. The van der Waals surface area contributed by atoms with E-state index in [9.17, 15) is 14.7 Å². The number of rotatable bonds is 32. The van der Waals surface area contributed by atoms with Crippen molar-refractivity contribution >= 4 is 11.9 Å². The van der Waals surface area contributed by atoms with Crippen LogP contribution < -0.4 is 0 Å². The van der Waals surface area contributed by atoms with Gasteiger partial charge in [0.2, 0.25) is 0 Å². The smallest absolute Gasteiger partial charge is 0.306 e. The van der Waals surface area contributed by atoms with E-state index in [-0.39, 0.29) is 25.2 Å². The Bertz CT molecular complexity index is 536. The van der Waals surface area contributed by atoms with Crippen LogP contribution in [0.1, 0.15) is 194 Å². The van der Waals surface area contributed by atoms with E-state index in [1.165, 1.54) is 128 Å². The Kier molecular flexibility index (Phi) is 31.5. The maximum atomic E-state index is 12.1. The van der Waals surface area contributed by atoms with Gasteiger partial charge in [0.05, 0.1) is 6.61 Å². The molecule has 0 spiro atoms. The Balaban J connectivity index is 3.43. The van der Waals surface area contributed by atoms with Gasteiger partial charge in [0.1, 0.15) is 6.61 Å². The van der Waals surface area contributed by atoms with Gasteiger partial charge in [-0.25, -0.2) is 0 Å². The van der Waals surface area contributed by atoms with Crippen LogP contribution in [0.2, 0.25) is 0 Å². The van der Waals surface area contributed by atoms with Crippen LogP contribution in [0, 0.1) is 0 Å². The minimum Gasteiger partial charge on any atom is -0.462 e. The SMILES string of the molecule is CCCCCCCCCCCCCCCCCCCCCCC(=O)OC(CO)COC(=O)CCCCCCCC. The second kappa shape index (κ2) is 32.4. The Morgan fingerprint density at radius 2 is 0.775 bits per heavy atom. The van der Waals surface area contributed by atoms with Gasteiger partial charge in [-0.2, -0.15) is 0 Å². The van der Waals surface area contributed by atoms with Crippen LogP contribution in [0.4, 0.5) is 0 Å². The number of hydrogen-bond acceptors (Lipinski definition) is 5. The fraction of sp³-hybridized carbons (Fsp3) is 0.943. The summed E-state index contributed by atoms with van der Waals surface area (Å²) in [6.07, 6.45) is 33.3. The van der Waals surface area contributed by atoms with Crippen LogP contribution in [-0.2, 0) is 19.1 Å². The zero-order chi connectivity index (χ0) is 29.4. The molecule has 1 atom stereocenters. The normalized spacial score (nSPS) is 12.0. The summed E-state index contributed by atoms with van der Waals surface area (Å²) >= 11 is 0. The van der Waals surface area contributed by atoms with Crippen molar-refractivity contribution in [3.63, 3.8) is 0 Å². The van der Waals surface area contributed by atoms with E-state index in [0.29, 0.717) is 12.8 Å². The first-order chi connectivity index (χ1) is 19.6. The lowest BCUT2D eigenvalue weighted by molar-refractivity contribution is -0.161. The summed E-state index contributed by atoms with van der Waals surface area (Å²) < 4.78 is 10.5. The van der Waals surface area contributed by atoms with E-state index in [0.717, 1.165) is 38.5 Å². The van der Waals surface area contributed by atoms with Crippen molar-refractivity contribution in [2.24, 2.45) is 0 Å². The number of esters is 2. The van der Waals surface area contributed by atoms with Crippen molar-refractivity contribution in [2.45, 2.75) is 200 Å². The fourth-order valence-electron chi connectivity index (χ4n) is 5.20.